The molecule has 1 aromatic heterocycles. The SMILES string of the molecule is C[C@H](OC(=O)CNC(=O)c1sc2ccccc2c1Cl)C(=O)Nc1ccc(N2CCOCC2)cc1. The highest BCUT2D eigenvalue weighted by molar-refractivity contribution is 7.21. The fourth-order valence-corrected chi connectivity index (χ4v) is 4.94. The molecule has 1 fully saturated rings. The number of nitrogens with zero attached hydrogens (tertiary/aromatic N) is 1. The number of anilines is 2. The number of carbonyl (C=O) groups excluding carboxylic acids is 3. The zero-order valence-electron chi connectivity index (χ0n) is 18.5. The van der Waals surface area contributed by atoms with E-state index in [0.29, 0.717) is 28.8 Å². The van der Waals surface area contributed by atoms with Crippen LogP contribution >= 0.6 is 22.9 Å². The molecule has 1 saturated heterocycles. The number of morpholine rings is 1. The highest BCUT2D eigenvalue weighted by Crippen LogP contribution is 2.34. The second kappa shape index (κ2) is 10.9. The predicted octanol–water partition coefficient (Wildman–Crippen LogP) is 3.69. The van der Waals surface area contributed by atoms with Gasteiger partial charge in [0.1, 0.15) is 11.4 Å². The lowest BCUT2D eigenvalue weighted by molar-refractivity contribution is -0.152. The van der Waals surface area contributed by atoms with Crippen molar-refractivity contribution in [3.05, 3.63) is 58.4 Å². The minimum absolute atomic E-state index is 0.321. The lowest BCUT2D eigenvalue weighted by atomic mass is 10.2. The van der Waals surface area contributed by atoms with Gasteiger partial charge in [0.2, 0.25) is 0 Å². The van der Waals surface area contributed by atoms with Gasteiger partial charge in [0.25, 0.3) is 11.8 Å². The summed E-state index contributed by atoms with van der Waals surface area (Å²) in [7, 11) is 0. The second-order valence-corrected chi connectivity index (χ2v) is 9.12. The summed E-state index contributed by atoms with van der Waals surface area (Å²) >= 11 is 7.54. The molecule has 8 nitrogen and oxygen atoms in total. The van der Waals surface area contributed by atoms with Gasteiger partial charge in [-0.05, 0) is 37.3 Å². The Morgan fingerprint density at radius 3 is 2.53 bits per heavy atom. The number of halogens is 1. The van der Waals surface area contributed by atoms with E-state index < -0.39 is 23.9 Å². The molecule has 0 aliphatic carbocycles. The van der Waals surface area contributed by atoms with Gasteiger partial charge in [0.15, 0.2) is 6.10 Å². The monoisotopic (exact) mass is 501 g/mol. The van der Waals surface area contributed by atoms with Crippen LogP contribution in [0.5, 0.6) is 0 Å². The summed E-state index contributed by atoms with van der Waals surface area (Å²) < 4.78 is 11.4. The number of ether oxygens (including phenoxy) is 2. The van der Waals surface area contributed by atoms with Crippen molar-refractivity contribution in [2.24, 2.45) is 0 Å². The highest BCUT2D eigenvalue weighted by atomic mass is 35.5. The average molecular weight is 502 g/mol. The number of benzene rings is 2. The third-order valence-electron chi connectivity index (χ3n) is 5.32. The first kappa shape index (κ1) is 24.0. The van der Waals surface area contributed by atoms with E-state index in [1.54, 1.807) is 12.1 Å². The summed E-state index contributed by atoms with van der Waals surface area (Å²) in [6.07, 6.45) is -1.03. The Morgan fingerprint density at radius 2 is 1.82 bits per heavy atom. The molecular formula is C24H24ClN3O5S. The van der Waals surface area contributed by atoms with Gasteiger partial charge >= 0.3 is 5.97 Å². The summed E-state index contributed by atoms with van der Waals surface area (Å²) in [4.78, 5) is 39.6. The third kappa shape index (κ3) is 5.67. The first-order chi connectivity index (χ1) is 16.4. The standard InChI is InChI=1S/C24H24ClN3O5S/c1-15(23(30)27-16-6-8-17(9-7-16)28-10-12-32-13-11-28)33-20(29)14-26-24(31)22-21(25)18-4-2-3-5-19(18)34-22/h2-9,15H,10-14H2,1H3,(H,26,31)(H,27,30)/t15-/m0/s1. The molecule has 2 aromatic carbocycles. The number of rotatable bonds is 7. The first-order valence-electron chi connectivity index (χ1n) is 10.8. The highest BCUT2D eigenvalue weighted by Gasteiger charge is 2.21. The van der Waals surface area contributed by atoms with E-state index in [-0.39, 0.29) is 6.54 Å². The van der Waals surface area contributed by atoms with Crippen LogP contribution in [-0.2, 0) is 19.1 Å². The van der Waals surface area contributed by atoms with Gasteiger partial charge in [-0.15, -0.1) is 11.3 Å². The molecule has 3 aromatic rings. The number of thiophene rings is 1. The van der Waals surface area contributed by atoms with Crippen LogP contribution < -0.4 is 15.5 Å². The number of carbonyl (C=O) groups is 3. The van der Waals surface area contributed by atoms with Crippen molar-refractivity contribution in [2.75, 3.05) is 43.1 Å². The normalized spacial score (nSPS) is 14.5. The van der Waals surface area contributed by atoms with E-state index in [4.69, 9.17) is 21.1 Å². The Balaban J connectivity index is 1.25. The van der Waals surface area contributed by atoms with Gasteiger partial charge in [-0.2, -0.15) is 0 Å². The topological polar surface area (TPSA) is 97.0 Å². The zero-order chi connectivity index (χ0) is 24.1. The van der Waals surface area contributed by atoms with Crippen molar-refractivity contribution in [3.8, 4) is 0 Å². The summed E-state index contributed by atoms with van der Waals surface area (Å²) in [5, 5.41) is 6.36. The van der Waals surface area contributed by atoms with E-state index >= 15 is 0 Å². The van der Waals surface area contributed by atoms with Gasteiger partial charge in [-0.25, -0.2) is 0 Å². The van der Waals surface area contributed by atoms with E-state index in [1.807, 2.05) is 36.4 Å². The third-order valence-corrected chi connectivity index (χ3v) is 7.00. The molecular weight excluding hydrogens is 478 g/mol. The number of nitrogens with one attached hydrogen (secondary N) is 2. The quantitative estimate of drug-likeness (QED) is 0.479. The maximum absolute atomic E-state index is 12.5. The fourth-order valence-electron chi connectivity index (χ4n) is 3.51. The molecule has 1 aliphatic rings. The van der Waals surface area contributed by atoms with Crippen molar-refractivity contribution >= 4 is 62.2 Å². The molecule has 2 heterocycles. The molecule has 1 atom stereocenters. The van der Waals surface area contributed by atoms with Gasteiger partial charge in [0.05, 0.1) is 18.2 Å². The van der Waals surface area contributed by atoms with E-state index in [2.05, 4.69) is 15.5 Å². The van der Waals surface area contributed by atoms with Crippen LogP contribution in [0.2, 0.25) is 5.02 Å². The molecule has 0 radical (unpaired) electrons. The average Bonchev–Trinajstić information content (AvgIpc) is 3.20. The molecule has 0 spiro atoms. The van der Waals surface area contributed by atoms with Crippen molar-refractivity contribution in [2.45, 2.75) is 13.0 Å². The molecule has 2 amide bonds. The van der Waals surface area contributed by atoms with Crippen molar-refractivity contribution in [1.82, 2.24) is 5.32 Å². The number of esters is 1. The second-order valence-electron chi connectivity index (χ2n) is 7.69. The molecule has 178 valence electrons. The maximum Gasteiger partial charge on any atom is 0.326 e. The maximum atomic E-state index is 12.5. The Kier molecular flexibility index (Phi) is 7.66. The first-order valence-corrected chi connectivity index (χ1v) is 12.0. The van der Waals surface area contributed by atoms with E-state index in [9.17, 15) is 14.4 Å². The van der Waals surface area contributed by atoms with Gasteiger partial charge in [-0.1, -0.05) is 29.8 Å². The van der Waals surface area contributed by atoms with Crippen LogP contribution in [0, 0.1) is 0 Å². The van der Waals surface area contributed by atoms with Crippen molar-refractivity contribution < 1.29 is 23.9 Å². The van der Waals surface area contributed by atoms with Crippen LogP contribution in [-0.4, -0.2) is 56.7 Å². The van der Waals surface area contributed by atoms with Crippen molar-refractivity contribution in [1.29, 1.82) is 0 Å². The summed E-state index contributed by atoms with van der Waals surface area (Å²) in [5.41, 5.74) is 1.65. The van der Waals surface area contributed by atoms with Gasteiger partial charge in [0, 0.05) is 34.6 Å². The van der Waals surface area contributed by atoms with Gasteiger partial charge in [-0.3, -0.25) is 14.4 Å². The summed E-state index contributed by atoms with van der Waals surface area (Å²) in [6, 6.07) is 14.8. The number of hydrogen-bond donors (Lipinski definition) is 2. The molecule has 1 aliphatic heterocycles. The molecule has 0 bridgehead atoms. The number of fused-ring (bicyclic) bond motifs is 1. The lowest BCUT2D eigenvalue weighted by Crippen LogP contribution is -2.36. The summed E-state index contributed by atoms with van der Waals surface area (Å²) in [5.74, 6) is -1.66. The lowest BCUT2D eigenvalue weighted by Gasteiger charge is -2.28. The fraction of sp³-hybridized carbons (Fsp3) is 0.292. The summed E-state index contributed by atoms with van der Waals surface area (Å²) in [6.45, 7) is 4.13. The van der Waals surface area contributed by atoms with Crippen LogP contribution in [0.15, 0.2) is 48.5 Å². The van der Waals surface area contributed by atoms with E-state index in [0.717, 1.165) is 28.9 Å². The van der Waals surface area contributed by atoms with Crippen LogP contribution in [0.3, 0.4) is 0 Å². The Morgan fingerprint density at radius 1 is 1.12 bits per heavy atom. The minimum Gasteiger partial charge on any atom is -0.451 e. The number of hydrogen-bond acceptors (Lipinski definition) is 7. The predicted molar refractivity (Wildman–Crippen MR) is 133 cm³/mol. The Labute approximate surface area is 205 Å². The Bertz CT molecular complexity index is 1190. The van der Waals surface area contributed by atoms with Crippen molar-refractivity contribution in [3.63, 3.8) is 0 Å². The van der Waals surface area contributed by atoms with Crippen LogP contribution in [0.25, 0.3) is 10.1 Å². The van der Waals surface area contributed by atoms with Crippen LogP contribution in [0.1, 0.15) is 16.6 Å². The molecule has 4 rings (SSSR count). The zero-order valence-corrected chi connectivity index (χ0v) is 20.1. The Hall–Kier alpha value is -3.14. The van der Waals surface area contributed by atoms with Gasteiger partial charge < -0.3 is 25.0 Å². The largest absolute Gasteiger partial charge is 0.451 e. The molecule has 0 saturated carbocycles. The number of amides is 2. The van der Waals surface area contributed by atoms with Crippen LogP contribution in [0.4, 0.5) is 11.4 Å². The smallest absolute Gasteiger partial charge is 0.326 e. The minimum atomic E-state index is -1.03. The van der Waals surface area contributed by atoms with E-state index in [1.165, 1.54) is 18.3 Å². The molecule has 0 unspecified atom stereocenters. The molecule has 34 heavy (non-hydrogen) atoms. The molecule has 2 N–H and O–H groups in total. The molecule has 10 heteroatoms.